The van der Waals surface area contributed by atoms with E-state index < -0.39 is 6.09 Å². The maximum Gasteiger partial charge on any atom is 0.410 e. The molecule has 0 aliphatic heterocycles. The molecule has 0 aromatic heterocycles. The van der Waals surface area contributed by atoms with Crippen LogP contribution in [0.15, 0.2) is 35.5 Å². The highest BCUT2D eigenvalue weighted by molar-refractivity contribution is 5.81. The van der Waals surface area contributed by atoms with E-state index in [4.69, 9.17) is 14.7 Å². The van der Waals surface area contributed by atoms with Gasteiger partial charge in [0.25, 0.3) is 0 Å². The van der Waals surface area contributed by atoms with Gasteiger partial charge in [-0.3, -0.25) is 0 Å². The molecule has 0 aliphatic rings. The first kappa shape index (κ1) is 14.8. The van der Waals surface area contributed by atoms with Gasteiger partial charge in [0.2, 0.25) is 5.90 Å². The highest BCUT2D eigenvalue weighted by Crippen LogP contribution is 2.02. The van der Waals surface area contributed by atoms with E-state index in [0.717, 1.165) is 5.56 Å². The third-order valence-electron chi connectivity index (χ3n) is 2.31. The van der Waals surface area contributed by atoms with E-state index in [1.807, 2.05) is 30.3 Å². The Labute approximate surface area is 112 Å². The second kappa shape index (κ2) is 7.97. The topological polar surface area (TPSA) is 71.4 Å². The van der Waals surface area contributed by atoms with E-state index in [9.17, 15) is 4.79 Å². The van der Waals surface area contributed by atoms with Crippen molar-refractivity contribution in [2.24, 2.45) is 5.16 Å². The lowest BCUT2D eigenvalue weighted by molar-refractivity contribution is 0.106. The Morgan fingerprint density at radius 1 is 1.32 bits per heavy atom. The number of amides is 1. The molecule has 0 aliphatic carbocycles. The van der Waals surface area contributed by atoms with Crippen LogP contribution >= 0.6 is 0 Å². The van der Waals surface area contributed by atoms with Crippen molar-refractivity contribution in [2.75, 3.05) is 20.2 Å². The number of oxime groups is 1. The number of likely N-dealkylation sites (N-methyl/N-ethyl adjacent to an activating group) is 1. The summed E-state index contributed by atoms with van der Waals surface area (Å²) in [6.45, 7) is 2.38. The zero-order chi connectivity index (χ0) is 14.1. The summed E-state index contributed by atoms with van der Waals surface area (Å²) in [6.07, 6.45) is -0.510. The number of hydrogen-bond donors (Lipinski definition) is 1. The molecule has 0 heterocycles. The van der Waals surface area contributed by atoms with Gasteiger partial charge in [-0.25, -0.2) is 4.79 Å². The fourth-order valence-electron chi connectivity index (χ4n) is 1.37. The highest BCUT2D eigenvalue weighted by Gasteiger charge is 2.14. The van der Waals surface area contributed by atoms with E-state index in [1.54, 1.807) is 6.92 Å². The quantitative estimate of drug-likeness (QED) is 0.383. The molecule has 1 amide bonds. The van der Waals surface area contributed by atoms with Gasteiger partial charge in [0, 0.05) is 7.05 Å². The minimum absolute atomic E-state index is 0.0535. The van der Waals surface area contributed by atoms with Gasteiger partial charge in [-0.05, 0) is 12.5 Å². The van der Waals surface area contributed by atoms with Gasteiger partial charge in [-0.15, -0.1) is 0 Å². The summed E-state index contributed by atoms with van der Waals surface area (Å²) in [7, 11) is 1.54. The monoisotopic (exact) mass is 266 g/mol. The minimum Gasteiger partial charge on any atom is -0.478 e. The number of benzene rings is 1. The molecule has 0 saturated heterocycles. The highest BCUT2D eigenvalue weighted by atomic mass is 16.6. The second-order valence-electron chi connectivity index (χ2n) is 3.82. The number of carbonyl (C=O) groups is 1. The van der Waals surface area contributed by atoms with E-state index in [0.29, 0.717) is 6.61 Å². The molecule has 1 aromatic rings. The summed E-state index contributed by atoms with van der Waals surface area (Å²) >= 11 is 0. The average Bonchev–Trinajstić information content (AvgIpc) is 2.45. The van der Waals surface area contributed by atoms with Gasteiger partial charge in [-0.1, -0.05) is 35.5 Å². The van der Waals surface area contributed by atoms with Gasteiger partial charge in [-0.2, -0.15) is 0 Å². The summed E-state index contributed by atoms with van der Waals surface area (Å²) in [5, 5.41) is 11.6. The molecule has 1 N–H and O–H groups in total. The maximum atomic E-state index is 11.7. The second-order valence-corrected chi connectivity index (χ2v) is 3.82. The number of carbonyl (C=O) groups excluding carboxylic acids is 1. The zero-order valence-electron chi connectivity index (χ0n) is 11.1. The Kier molecular flexibility index (Phi) is 6.21. The summed E-state index contributed by atoms with van der Waals surface area (Å²) in [5.41, 5.74) is 0.908. The van der Waals surface area contributed by atoms with Crippen LogP contribution in [0, 0.1) is 0 Å². The molecule has 0 bridgehead atoms. The predicted octanol–water partition coefficient (Wildman–Crippen LogP) is 2.08. The van der Waals surface area contributed by atoms with E-state index >= 15 is 0 Å². The van der Waals surface area contributed by atoms with Crippen molar-refractivity contribution >= 4 is 12.0 Å². The Morgan fingerprint density at radius 2 is 2.00 bits per heavy atom. The van der Waals surface area contributed by atoms with Crippen LogP contribution in [0.25, 0.3) is 0 Å². The molecule has 0 spiro atoms. The molecule has 0 saturated carbocycles. The molecular weight excluding hydrogens is 248 g/mol. The van der Waals surface area contributed by atoms with Crippen LogP contribution in [0.4, 0.5) is 4.79 Å². The Bertz CT molecular complexity index is 420. The standard InChI is InChI=1S/C13H18N2O4/c1-3-18-12(14-17)9-15(2)13(16)19-10-11-7-5-4-6-8-11/h4-8,17H,3,9-10H2,1-2H3/b14-12+. The number of rotatable bonds is 5. The lowest BCUT2D eigenvalue weighted by atomic mass is 10.2. The van der Waals surface area contributed by atoms with Gasteiger partial charge < -0.3 is 19.6 Å². The van der Waals surface area contributed by atoms with Gasteiger partial charge in [0.1, 0.15) is 13.2 Å². The summed E-state index contributed by atoms with van der Waals surface area (Å²) in [6, 6.07) is 9.38. The van der Waals surface area contributed by atoms with Crippen LogP contribution in [0.3, 0.4) is 0 Å². The van der Waals surface area contributed by atoms with Crippen LogP contribution in [0.5, 0.6) is 0 Å². The van der Waals surface area contributed by atoms with E-state index in [-0.39, 0.29) is 19.0 Å². The molecule has 1 rings (SSSR count). The third-order valence-corrected chi connectivity index (χ3v) is 2.31. The predicted molar refractivity (Wildman–Crippen MR) is 70.1 cm³/mol. The first-order valence-electron chi connectivity index (χ1n) is 5.93. The third kappa shape index (κ3) is 5.29. The van der Waals surface area contributed by atoms with Crippen molar-refractivity contribution in [3.05, 3.63) is 35.9 Å². The SMILES string of the molecule is CCO/C(CN(C)C(=O)OCc1ccccc1)=N/O. The smallest absolute Gasteiger partial charge is 0.410 e. The van der Waals surface area contributed by atoms with Crippen LogP contribution in [-0.4, -0.2) is 42.3 Å². The Morgan fingerprint density at radius 3 is 2.58 bits per heavy atom. The molecule has 6 nitrogen and oxygen atoms in total. The zero-order valence-corrected chi connectivity index (χ0v) is 11.1. The summed E-state index contributed by atoms with van der Waals surface area (Å²) in [5.74, 6) is 0.0710. The minimum atomic E-state index is -0.510. The largest absolute Gasteiger partial charge is 0.478 e. The lowest BCUT2D eigenvalue weighted by Gasteiger charge is -2.17. The maximum absolute atomic E-state index is 11.7. The van der Waals surface area contributed by atoms with Gasteiger partial charge >= 0.3 is 6.09 Å². The molecule has 1 aromatic carbocycles. The van der Waals surface area contributed by atoms with Crippen molar-refractivity contribution < 1.29 is 19.5 Å². The Balaban J connectivity index is 2.40. The van der Waals surface area contributed by atoms with Gasteiger partial charge in [0.15, 0.2) is 0 Å². The molecule has 104 valence electrons. The molecule has 0 radical (unpaired) electrons. The normalized spacial score (nSPS) is 10.9. The molecule has 19 heavy (non-hydrogen) atoms. The van der Waals surface area contributed by atoms with Crippen molar-refractivity contribution in [2.45, 2.75) is 13.5 Å². The van der Waals surface area contributed by atoms with E-state index in [2.05, 4.69) is 5.16 Å². The average molecular weight is 266 g/mol. The van der Waals surface area contributed by atoms with E-state index in [1.165, 1.54) is 11.9 Å². The van der Waals surface area contributed by atoms with Crippen molar-refractivity contribution in [3.8, 4) is 0 Å². The van der Waals surface area contributed by atoms with Crippen LogP contribution < -0.4 is 0 Å². The number of nitrogens with zero attached hydrogens (tertiary/aromatic N) is 2. The molecule has 0 unspecified atom stereocenters. The molecule has 0 atom stereocenters. The first-order chi connectivity index (χ1) is 9.17. The fraction of sp³-hybridized carbons (Fsp3) is 0.385. The van der Waals surface area contributed by atoms with Gasteiger partial charge in [0.05, 0.1) is 6.61 Å². The van der Waals surface area contributed by atoms with Crippen LogP contribution in [0.1, 0.15) is 12.5 Å². The number of hydrogen-bond acceptors (Lipinski definition) is 5. The van der Waals surface area contributed by atoms with Crippen LogP contribution in [-0.2, 0) is 16.1 Å². The Hall–Kier alpha value is -2.24. The lowest BCUT2D eigenvalue weighted by Crippen LogP contribution is -2.33. The summed E-state index contributed by atoms with van der Waals surface area (Å²) in [4.78, 5) is 13.0. The van der Waals surface area contributed by atoms with Crippen molar-refractivity contribution in [1.29, 1.82) is 0 Å². The van der Waals surface area contributed by atoms with Crippen molar-refractivity contribution in [3.63, 3.8) is 0 Å². The fourth-order valence-corrected chi connectivity index (χ4v) is 1.37. The molecule has 6 heteroatoms. The molecule has 0 fully saturated rings. The first-order valence-corrected chi connectivity index (χ1v) is 5.93. The van der Waals surface area contributed by atoms with Crippen LogP contribution in [0.2, 0.25) is 0 Å². The number of ether oxygens (including phenoxy) is 2. The molecular formula is C13H18N2O4. The van der Waals surface area contributed by atoms with Crippen molar-refractivity contribution in [1.82, 2.24) is 4.90 Å². The summed E-state index contributed by atoms with van der Waals surface area (Å²) < 4.78 is 10.1.